The van der Waals surface area contributed by atoms with Crippen LogP contribution in [0.5, 0.6) is 11.5 Å². The van der Waals surface area contributed by atoms with Gasteiger partial charge in [0.15, 0.2) is 17.3 Å². The van der Waals surface area contributed by atoms with Crippen LogP contribution in [0.2, 0.25) is 0 Å². The standard InChI is InChI=1S/C29H34N6O3/c1-4-25(28-31-32-33-35(28)22-7-5-6-8-22)34(15-20-9-10-26-27(13-20)38-17-37-26)16-21-14-23-19(3)11-18(2)12-24(23)30-29(21)36/h9-14,22,25H,4-8,15-17H2,1-3H3,(H,30,36). The summed E-state index contributed by atoms with van der Waals surface area (Å²) in [5.41, 5.74) is 4.89. The summed E-state index contributed by atoms with van der Waals surface area (Å²) in [6, 6.07) is 12.5. The van der Waals surface area contributed by atoms with Gasteiger partial charge in [0.2, 0.25) is 6.79 Å². The summed E-state index contributed by atoms with van der Waals surface area (Å²) >= 11 is 0. The Kier molecular flexibility index (Phi) is 6.61. The van der Waals surface area contributed by atoms with Gasteiger partial charge in [0.05, 0.1) is 12.1 Å². The molecule has 0 radical (unpaired) electrons. The molecule has 1 aliphatic heterocycles. The maximum atomic E-state index is 13.3. The van der Waals surface area contributed by atoms with E-state index < -0.39 is 0 Å². The largest absolute Gasteiger partial charge is 0.454 e. The number of nitrogens with zero attached hydrogens (tertiary/aromatic N) is 5. The van der Waals surface area contributed by atoms with Crippen LogP contribution in [0.4, 0.5) is 0 Å². The highest BCUT2D eigenvalue weighted by Gasteiger charge is 2.30. The summed E-state index contributed by atoms with van der Waals surface area (Å²) in [7, 11) is 0. The van der Waals surface area contributed by atoms with Gasteiger partial charge in [-0.3, -0.25) is 9.69 Å². The van der Waals surface area contributed by atoms with Crippen LogP contribution in [0.15, 0.2) is 41.2 Å². The number of aromatic nitrogens is 5. The molecule has 1 fully saturated rings. The van der Waals surface area contributed by atoms with E-state index in [0.29, 0.717) is 19.1 Å². The van der Waals surface area contributed by atoms with Gasteiger partial charge in [-0.2, -0.15) is 0 Å². The second kappa shape index (κ2) is 10.2. The van der Waals surface area contributed by atoms with E-state index >= 15 is 0 Å². The minimum absolute atomic E-state index is 0.0646. The highest BCUT2D eigenvalue weighted by atomic mass is 16.7. The fourth-order valence-electron chi connectivity index (χ4n) is 6.04. The predicted octanol–water partition coefficient (Wildman–Crippen LogP) is 5.13. The zero-order valence-electron chi connectivity index (χ0n) is 22.2. The van der Waals surface area contributed by atoms with E-state index in [1.165, 1.54) is 12.8 Å². The maximum Gasteiger partial charge on any atom is 0.252 e. The number of aromatic amines is 1. The van der Waals surface area contributed by atoms with Gasteiger partial charge in [-0.1, -0.05) is 31.9 Å². The number of benzene rings is 2. The molecular weight excluding hydrogens is 480 g/mol. The molecular formula is C29H34N6O3. The predicted molar refractivity (Wildman–Crippen MR) is 144 cm³/mol. The smallest absolute Gasteiger partial charge is 0.252 e. The monoisotopic (exact) mass is 514 g/mol. The Labute approximate surface area is 221 Å². The lowest BCUT2D eigenvalue weighted by atomic mass is 10.0. The first-order valence-electron chi connectivity index (χ1n) is 13.5. The van der Waals surface area contributed by atoms with Crippen LogP contribution in [0.3, 0.4) is 0 Å². The first kappa shape index (κ1) is 24.6. The van der Waals surface area contributed by atoms with Crippen molar-refractivity contribution < 1.29 is 9.47 Å². The summed E-state index contributed by atoms with van der Waals surface area (Å²) < 4.78 is 13.2. The molecule has 2 aromatic carbocycles. The third kappa shape index (κ3) is 4.67. The maximum absolute atomic E-state index is 13.3. The topological polar surface area (TPSA) is 98.2 Å². The molecule has 1 unspecified atom stereocenters. The lowest BCUT2D eigenvalue weighted by Crippen LogP contribution is -2.32. The normalized spacial score (nSPS) is 16.1. The van der Waals surface area contributed by atoms with Crippen molar-refractivity contribution in [2.45, 2.75) is 78.0 Å². The molecule has 0 bridgehead atoms. The number of nitrogens with one attached hydrogen (secondary N) is 1. The molecule has 2 aliphatic rings. The van der Waals surface area contributed by atoms with E-state index in [1.54, 1.807) is 0 Å². The second-order valence-corrected chi connectivity index (χ2v) is 10.6. The zero-order valence-corrected chi connectivity index (χ0v) is 22.2. The van der Waals surface area contributed by atoms with E-state index in [1.807, 2.05) is 35.9 Å². The number of pyridine rings is 1. The molecule has 38 heavy (non-hydrogen) atoms. The molecule has 0 amide bonds. The highest BCUT2D eigenvalue weighted by Crippen LogP contribution is 2.36. The molecule has 9 heteroatoms. The SMILES string of the molecule is CCC(c1nnnn1C1CCCC1)N(Cc1ccc2c(c1)OCO2)Cc1cc2c(C)cc(C)cc2[nH]c1=O. The van der Waals surface area contributed by atoms with Gasteiger partial charge in [-0.05, 0) is 84.5 Å². The molecule has 0 saturated heterocycles. The summed E-state index contributed by atoms with van der Waals surface area (Å²) in [6.07, 6.45) is 5.40. The van der Waals surface area contributed by atoms with Crippen LogP contribution >= 0.6 is 0 Å². The fraction of sp³-hybridized carbons (Fsp3) is 0.448. The van der Waals surface area contributed by atoms with E-state index in [0.717, 1.165) is 69.7 Å². The lowest BCUT2D eigenvalue weighted by molar-refractivity contribution is 0.158. The third-order valence-corrected chi connectivity index (χ3v) is 7.90. The first-order valence-corrected chi connectivity index (χ1v) is 13.5. The van der Waals surface area contributed by atoms with Crippen molar-refractivity contribution in [3.8, 4) is 11.5 Å². The third-order valence-electron chi connectivity index (χ3n) is 7.90. The Morgan fingerprint density at radius 1 is 1.08 bits per heavy atom. The van der Waals surface area contributed by atoms with Gasteiger partial charge in [-0.15, -0.1) is 5.10 Å². The quantitative estimate of drug-likeness (QED) is 0.348. The molecule has 6 rings (SSSR count). The molecule has 3 heterocycles. The van der Waals surface area contributed by atoms with Crippen LogP contribution in [0.1, 0.15) is 79.2 Å². The fourth-order valence-corrected chi connectivity index (χ4v) is 6.04. The van der Waals surface area contributed by atoms with Gasteiger partial charge in [0.25, 0.3) is 5.56 Å². The van der Waals surface area contributed by atoms with Crippen molar-refractivity contribution >= 4 is 10.9 Å². The molecule has 1 N–H and O–H groups in total. The van der Waals surface area contributed by atoms with Gasteiger partial charge in [0.1, 0.15) is 0 Å². The molecule has 1 atom stereocenters. The van der Waals surface area contributed by atoms with Crippen molar-refractivity contribution in [1.29, 1.82) is 0 Å². The molecule has 198 valence electrons. The number of tetrazole rings is 1. The number of rotatable bonds is 8. The minimum Gasteiger partial charge on any atom is -0.454 e. The van der Waals surface area contributed by atoms with E-state index in [9.17, 15) is 4.79 Å². The number of ether oxygens (including phenoxy) is 2. The van der Waals surface area contributed by atoms with Crippen molar-refractivity contribution in [1.82, 2.24) is 30.1 Å². The van der Waals surface area contributed by atoms with E-state index in [-0.39, 0.29) is 18.4 Å². The van der Waals surface area contributed by atoms with Crippen molar-refractivity contribution in [3.05, 3.63) is 74.8 Å². The van der Waals surface area contributed by atoms with Gasteiger partial charge in [-0.25, -0.2) is 4.68 Å². The Morgan fingerprint density at radius 3 is 2.71 bits per heavy atom. The summed E-state index contributed by atoms with van der Waals surface area (Å²) in [4.78, 5) is 18.7. The number of fused-ring (bicyclic) bond motifs is 2. The number of H-pyrrole nitrogens is 1. The zero-order chi connectivity index (χ0) is 26.2. The van der Waals surface area contributed by atoms with Gasteiger partial charge in [0, 0.05) is 29.6 Å². The van der Waals surface area contributed by atoms with Crippen LogP contribution in [-0.2, 0) is 13.1 Å². The van der Waals surface area contributed by atoms with E-state index in [2.05, 4.69) is 51.4 Å². The van der Waals surface area contributed by atoms with Crippen LogP contribution in [0, 0.1) is 13.8 Å². The molecule has 1 saturated carbocycles. The van der Waals surface area contributed by atoms with Crippen molar-refractivity contribution in [2.75, 3.05) is 6.79 Å². The van der Waals surface area contributed by atoms with E-state index in [4.69, 9.17) is 9.47 Å². The van der Waals surface area contributed by atoms with Crippen LogP contribution < -0.4 is 15.0 Å². The number of hydrogen-bond donors (Lipinski definition) is 1. The summed E-state index contributed by atoms with van der Waals surface area (Å²) in [6.45, 7) is 7.60. The second-order valence-electron chi connectivity index (χ2n) is 10.6. The Balaban J connectivity index is 1.40. The highest BCUT2D eigenvalue weighted by molar-refractivity contribution is 5.83. The Hall–Kier alpha value is -3.72. The molecule has 0 spiro atoms. The van der Waals surface area contributed by atoms with Crippen molar-refractivity contribution in [3.63, 3.8) is 0 Å². The molecule has 2 aromatic heterocycles. The molecule has 9 nitrogen and oxygen atoms in total. The van der Waals surface area contributed by atoms with Gasteiger partial charge < -0.3 is 14.5 Å². The Morgan fingerprint density at radius 2 is 1.89 bits per heavy atom. The Bertz CT molecular complexity index is 1520. The molecule has 4 aromatic rings. The average Bonchev–Trinajstić information content (AvgIpc) is 3.67. The number of hydrogen-bond acceptors (Lipinski definition) is 7. The number of aryl methyl sites for hydroxylation is 2. The minimum atomic E-state index is -0.0663. The van der Waals surface area contributed by atoms with Gasteiger partial charge >= 0.3 is 0 Å². The lowest BCUT2D eigenvalue weighted by Gasteiger charge is -2.31. The van der Waals surface area contributed by atoms with Crippen molar-refractivity contribution in [2.24, 2.45) is 0 Å². The summed E-state index contributed by atoms with van der Waals surface area (Å²) in [5.74, 6) is 2.37. The molecule has 1 aliphatic carbocycles. The summed E-state index contributed by atoms with van der Waals surface area (Å²) in [5, 5.41) is 14.1. The first-order chi connectivity index (χ1) is 18.5. The van der Waals surface area contributed by atoms with Crippen LogP contribution in [-0.4, -0.2) is 36.9 Å². The van der Waals surface area contributed by atoms with Crippen LogP contribution in [0.25, 0.3) is 10.9 Å². The average molecular weight is 515 g/mol.